The van der Waals surface area contributed by atoms with Gasteiger partial charge in [-0.2, -0.15) is 10.5 Å². The lowest BCUT2D eigenvalue weighted by molar-refractivity contribution is 0.304. The summed E-state index contributed by atoms with van der Waals surface area (Å²) in [7, 11) is 1.74. The van der Waals surface area contributed by atoms with Gasteiger partial charge in [-0.05, 0) is 12.1 Å². The fourth-order valence-electron chi connectivity index (χ4n) is 1.40. The van der Waals surface area contributed by atoms with E-state index in [0.29, 0.717) is 23.4 Å². The molecule has 0 aliphatic rings. The summed E-state index contributed by atoms with van der Waals surface area (Å²) in [5, 5.41) is 26.6. The van der Waals surface area contributed by atoms with Crippen LogP contribution in [0.25, 0.3) is 0 Å². The average Bonchev–Trinajstić information content (AvgIpc) is 2.28. The van der Waals surface area contributed by atoms with Crippen molar-refractivity contribution < 1.29 is 5.11 Å². The Balaban J connectivity index is 3.25. The number of likely N-dealkylation sites (N-methyl/N-ethyl adjacent to an activating group) is 1. The van der Waals surface area contributed by atoms with Gasteiger partial charge in [-0.25, -0.2) is 0 Å². The Morgan fingerprint density at radius 2 is 1.80 bits per heavy atom. The number of benzene rings is 1. The minimum atomic E-state index is -0.0128. The molecule has 0 atom stereocenters. The predicted molar refractivity (Wildman–Crippen MR) is 56.2 cm³/mol. The summed E-state index contributed by atoms with van der Waals surface area (Å²) in [6, 6.07) is 9.06. The molecule has 0 unspecified atom stereocenters. The molecule has 0 fully saturated rings. The van der Waals surface area contributed by atoms with Crippen molar-refractivity contribution in [2.24, 2.45) is 0 Å². The van der Waals surface area contributed by atoms with Crippen LogP contribution in [0, 0.1) is 22.7 Å². The molecule has 1 rings (SSSR count). The SMILES string of the molecule is CN(CCO)c1c(C#N)cccc1C#N. The number of hydrogen-bond acceptors (Lipinski definition) is 4. The van der Waals surface area contributed by atoms with Gasteiger partial charge in [0.15, 0.2) is 0 Å². The van der Waals surface area contributed by atoms with Crippen LogP contribution in [0.5, 0.6) is 0 Å². The summed E-state index contributed by atoms with van der Waals surface area (Å²) in [5.41, 5.74) is 1.48. The number of anilines is 1. The maximum absolute atomic E-state index is 8.91. The van der Waals surface area contributed by atoms with Crippen molar-refractivity contribution in [1.82, 2.24) is 0 Å². The van der Waals surface area contributed by atoms with E-state index in [2.05, 4.69) is 0 Å². The van der Waals surface area contributed by atoms with Crippen LogP contribution < -0.4 is 4.90 Å². The van der Waals surface area contributed by atoms with Crippen LogP contribution in [-0.4, -0.2) is 25.3 Å². The maximum atomic E-state index is 8.91. The molecule has 0 heterocycles. The van der Waals surface area contributed by atoms with Crippen molar-refractivity contribution in [3.8, 4) is 12.1 Å². The topological polar surface area (TPSA) is 71.0 Å². The molecule has 0 aliphatic carbocycles. The molecule has 0 amide bonds. The standard InChI is InChI=1S/C11H11N3O/c1-14(5-6-15)11-9(7-12)3-2-4-10(11)8-13/h2-4,15H,5-6H2,1H3. The first-order valence-electron chi connectivity index (χ1n) is 4.49. The van der Waals surface area contributed by atoms with Gasteiger partial charge in [-0.15, -0.1) is 0 Å². The Hall–Kier alpha value is -2.04. The Kier molecular flexibility index (Phi) is 3.68. The summed E-state index contributed by atoms with van der Waals surface area (Å²) in [6.07, 6.45) is 0. The number of rotatable bonds is 3. The third-order valence-electron chi connectivity index (χ3n) is 2.09. The molecule has 1 N–H and O–H groups in total. The lowest BCUT2D eigenvalue weighted by Crippen LogP contribution is -2.23. The zero-order valence-electron chi connectivity index (χ0n) is 8.44. The van der Waals surface area contributed by atoms with E-state index in [0.717, 1.165) is 0 Å². The zero-order valence-corrected chi connectivity index (χ0v) is 8.44. The van der Waals surface area contributed by atoms with Crippen LogP contribution in [0.15, 0.2) is 18.2 Å². The van der Waals surface area contributed by atoms with E-state index in [1.165, 1.54) is 0 Å². The predicted octanol–water partition coefficient (Wildman–Crippen LogP) is 0.858. The Morgan fingerprint density at radius 3 is 2.20 bits per heavy atom. The van der Waals surface area contributed by atoms with E-state index in [-0.39, 0.29) is 6.61 Å². The summed E-state index contributed by atoms with van der Waals surface area (Å²) in [4.78, 5) is 1.71. The lowest BCUT2D eigenvalue weighted by Gasteiger charge is -2.20. The second-order valence-corrected chi connectivity index (χ2v) is 3.07. The monoisotopic (exact) mass is 201 g/mol. The fourth-order valence-corrected chi connectivity index (χ4v) is 1.40. The van der Waals surface area contributed by atoms with Crippen LogP contribution in [0.4, 0.5) is 5.69 Å². The molecule has 1 aromatic rings. The van der Waals surface area contributed by atoms with Crippen LogP contribution >= 0.6 is 0 Å². The van der Waals surface area contributed by atoms with Crippen molar-refractivity contribution in [2.75, 3.05) is 25.1 Å². The van der Waals surface area contributed by atoms with Gasteiger partial charge in [0.1, 0.15) is 12.1 Å². The molecular weight excluding hydrogens is 190 g/mol. The Labute approximate surface area is 88.6 Å². The van der Waals surface area contributed by atoms with Gasteiger partial charge in [0.25, 0.3) is 0 Å². The number of aliphatic hydroxyl groups is 1. The highest BCUT2D eigenvalue weighted by molar-refractivity contribution is 5.67. The van der Waals surface area contributed by atoms with E-state index in [1.54, 1.807) is 30.1 Å². The lowest BCUT2D eigenvalue weighted by atomic mass is 10.1. The van der Waals surface area contributed by atoms with Crippen LogP contribution in [-0.2, 0) is 0 Å². The molecule has 0 aliphatic heterocycles. The summed E-state index contributed by atoms with van der Waals surface area (Å²) in [5.74, 6) is 0. The van der Waals surface area contributed by atoms with Crippen molar-refractivity contribution in [2.45, 2.75) is 0 Å². The Morgan fingerprint density at radius 1 is 1.27 bits per heavy atom. The molecule has 0 aromatic heterocycles. The molecule has 0 saturated heterocycles. The smallest absolute Gasteiger partial charge is 0.101 e. The largest absolute Gasteiger partial charge is 0.395 e. The van der Waals surface area contributed by atoms with Crippen molar-refractivity contribution in [3.63, 3.8) is 0 Å². The summed E-state index contributed by atoms with van der Waals surface area (Å²) < 4.78 is 0. The van der Waals surface area contributed by atoms with Gasteiger partial charge < -0.3 is 10.0 Å². The molecule has 0 radical (unpaired) electrons. The minimum absolute atomic E-state index is 0.0128. The first-order valence-corrected chi connectivity index (χ1v) is 4.49. The number of para-hydroxylation sites is 1. The second-order valence-electron chi connectivity index (χ2n) is 3.07. The molecule has 1 aromatic carbocycles. The van der Waals surface area contributed by atoms with Crippen LogP contribution in [0.3, 0.4) is 0 Å². The van der Waals surface area contributed by atoms with Crippen LogP contribution in [0.2, 0.25) is 0 Å². The van der Waals surface area contributed by atoms with Crippen molar-refractivity contribution in [3.05, 3.63) is 29.3 Å². The van der Waals surface area contributed by atoms with E-state index in [1.807, 2.05) is 12.1 Å². The number of nitriles is 2. The molecule has 76 valence electrons. The maximum Gasteiger partial charge on any atom is 0.101 e. The highest BCUT2D eigenvalue weighted by atomic mass is 16.3. The molecule has 15 heavy (non-hydrogen) atoms. The second kappa shape index (κ2) is 4.99. The molecule has 0 bridgehead atoms. The van der Waals surface area contributed by atoms with Gasteiger partial charge in [0.2, 0.25) is 0 Å². The highest BCUT2D eigenvalue weighted by Gasteiger charge is 2.11. The first kappa shape index (κ1) is 11.0. The average molecular weight is 201 g/mol. The van der Waals surface area contributed by atoms with Crippen LogP contribution in [0.1, 0.15) is 11.1 Å². The summed E-state index contributed by atoms with van der Waals surface area (Å²) >= 11 is 0. The fraction of sp³-hybridized carbons (Fsp3) is 0.273. The first-order chi connectivity index (χ1) is 7.24. The van der Waals surface area contributed by atoms with Gasteiger partial charge >= 0.3 is 0 Å². The van der Waals surface area contributed by atoms with E-state index in [4.69, 9.17) is 15.6 Å². The minimum Gasteiger partial charge on any atom is -0.395 e. The number of hydrogen-bond donors (Lipinski definition) is 1. The van der Waals surface area contributed by atoms with Crippen molar-refractivity contribution in [1.29, 1.82) is 10.5 Å². The van der Waals surface area contributed by atoms with E-state index >= 15 is 0 Å². The third-order valence-corrected chi connectivity index (χ3v) is 2.09. The molecule has 0 saturated carbocycles. The summed E-state index contributed by atoms with van der Waals surface area (Å²) in [6.45, 7) is 0.383. The zero-order chi connectivity index (χ0) is 11.3. The van der Waals surface area contributed by atoms with Gasteiger partial charge in [-0.3, -0.25) is 0 Å². The van der Waals surface area contributed by atoms with Crippen molar-refractivity contribution >= 4 is 5.69 Å². The van der Waals surface area contributed by atoms with E-state index < -0.39 is 0 Å². The normalized spacial score (nSPS) is 9.07. The molecular formula is C11H11N3O. The van der Waals surface area contributed by atoms with E-state index in [9.17, 15) is 0 Å². The molecule has 4 nitrogen and oxygen atoms in total. The Bertz CT molecular complexity index is 396. The van der Waals surface area contributed by atoms with Gasteiger partial charge in [-0.1, -0.05) is 6.07 Å². The van der Waals surface area contributed by atoms with Gasteiger partial charge in [0, 0.05) is 13.6 Å². The highest BCUT2D eigenvalue weighted by Crippen LogP contribution is 2.23. The number of nitrogens with zero attached hydrogens (tertiary/aromatic N) is 3. The molecule has 0 spiro atoms. The number of aliphatic hydroxyl groups excluding tert-OH is 1. The van der Waals surface area contributed by atoms with Gasteiger partial charge in [0.05, 0.1) is 23.4 Å². The molecule has 4 heteroatoms. The third kappa shape index (κ3) is 2.25. The quantitative estimate of drug-likeness (QED) is 0.787.